The van der Waals surface area contributed by atoms with Crippen LogP contribution in [0.4, 0.5) is 10.5 Å². The lowest BCUT2D eigenvalue weighted by atomic mass is 9.95. The fraction of sp³-hybridized carbons (Fsp3) is 0.500. The van der Waals surface area contributed by atoms with Crippen molar-refractivity contribution >= 4 is 23.7 Å². The molecule has 1 rings (SSSR count). The van der Waals surface area contributed by atoms with Gasteiger partial charge < -0.3 is 19.9 Å². The summed E-state index contributed by atoms with van der Waals surface area (Å²) in [5.74, 6) is -1.53. The molecule has 0 fully saturated rings. The average Bonchev–Trinajstić information content (AvgIpc) is 2.49. The van der Waals surface area contributed by atoms with Crippen molar-refractivity contribution in [3.8, 4) is 0 Å². The molecule has 8 heteroatoms. The smallest absolute Gasteiger partial charge is 0.412 e. The molecule has 1 amide bonds. The highest BCUT2D eigenvalue weighted by molar-refractivity contribution is 5.97. The first-order valence-electron chi connectivity index (χ1n) is 8.10. The lowest BCUT2D eigenvalue weighted by molar-refractivity contribution is -0.136. The van der Waals surface area contributed by atoms with Crippen LogP contribution in [0.15, 0.2) is 6.07 Å². The van der Waals surface area contributed by atoms with Crippen LogP contribution in [0.5, 0.6) is 0 Å². The van der Waals surface area contributed by atoms with Gasteiger partial charge in [0.15, 0.2) is 0 Å². The molecule has 0 unspecified atom stereocenters. The number of hydrogen-bond acceptors (Lipinski definition) is 6. The van der Waals surface area contributed by atoms with Crippen LogP contribution in [0.3, 0.4) is 0 Å². The predicted octanol–water partition coefficient (Wildman–Crippen LogP) is 2.61. The number of carboxylic acid groups (broad SMARTS) is 1. The quantitative estimate of drug-likeness (QED) is 0.663. The Morgan fingerprint density at radius 2 is 1.77 bits per heavy atom. The van der Waals surface area contributed by atoms with Crippen LogP contribution in [-0.4, -0.2) is 42.4 Å². The Bertz CT molecular complexity index is 707. The zero-order chi connectivity index (χ0) is 20.1. The summed E-state index contributed by atoms with van der Waals surface area (Å²) >= 11 is 0. The minimum atomic E-state index is -0.991. The molecule has 0 aromatic heterocycles. The molecule has 0 aliphatic rings. The number of hydrogen-bond donors (Lipinski definition) is 3. The number of carboxylic acids is 1. The summed E-state index contributed by atoms with van der Waals surface area (Å²) in [6.07, 6.45) is -0.648. The van der Waals surface area contributed by atoms with Gasteiger partial charge in [0.2, 0.25) is 0 Å². The number of esters is 1. The van der Waals surface area contributed by atoms with Crippen molar-refractivity contribution in [1.82, 2.24) is 5.32 Å². The highest BCUT2D eigenvalue weighted by Gasteiger charge is 2.22. The molecule has 3 N–H and O–H groups in total. The van der Waals surface area contributed by atoms with Crippen LogP contribution >= 0.6 is 0 Å². The van der Waals surface area contributed by atoms with Crippen molar-refractivity contribution in [2.24, 2.45) is 0 Å². The maximum atomic E-state index is 12.2. The molecule has 0 heterocycles. The van der Waals surface area contributed by atoms with Gasteiger partial charge in [-0.25, -0.2) is 9.59 Å². The molecule has 1 aromatic carbocycles. The number of carbonyl (C=O) groups excluding carboxylic acids is 2. The first-order valence-corrected chi connectivity index (χ1v) is 8.10. The molecular formula is C18H26N2O6. The number of benzene rings is 1. The topological polar surface area (TPSA) is 114 Å². The number of ether oxygens (including phenoxy) is 2. The van der Waals surface area contributed by atoms with Gasteiger partial charge in [0.05, 0.1) is 19.2 Å². The summed E-state index contributed by atoms with van der Waals surface area (Å²) in [7, 11) is 1.28. The van der Waals surface area contributed by atoms with E-state index in [0.717, 1.165) is 0 Å². The third-order valence-corrected chi connectivity index (χ3v) is 3.57. The average molecular weight is 366 g/mol. The van der Waals surface area contributed by atoms with Gasteiger partial charge in [-0.3, -0.25) is 10.1 Å². The van der Waals surface area contributed by atoms with Gasteiger partial charge in [-0.1, -0.05) is 0 Å². The van der Waals surface area contributed by atoms with Crippen molar-refractivity contribution in [2.45, 2.75) is 46.8 Å². The van der Waals surface area contributed by atoms with E-state index in [1.165, 1.54) is 7.11 Å². The molecule has 0 saturated heterocycles. The Labute approximate surface area is 152 Å². The Balaban J connectivity index is 3.24. The van der Waals surface area contributed by atoms with E-state index in [4.69, 9.17) is 14.6 Å². The molecule has 1 aromatic rings. The molecule has 8 nitrogen and oxygen atoms in total. The summed E-state index contributed by atoms with van der Waals surface area (Å²) in [4.78, 5) is 34.9. The van der Waals surface area contributed by atoms with Crippen molar-refractivity contribution in [1.29, 1.82) is 0 Å². The number of aliphatic carboxylic acids is 1. The van der Waals surface area contributed by atoms with Gasteiger partial charge in [0, 0.05) is 12.2 Å². The summed E-state index contributed by atoms with van der Waals surface area (Å²) in [6.45, 7) is 8.66. The third-order valence-electron chi connectivity index (χ3n) is 3.57. The van der Waals surface area contributed by atoms with Gasteiger partial charge in [0.25, 0.3) is 0 Å². The standard InChI is InChI=1S/C18H26N2O6/c1-10-12(8-19-9-14(21)22)7-13(11(2)15(10)16(23)25-6)20-17(24)26-18(3,4)5/h7,19H,8-9H2,1-6H3,(H,20,24)(H,21,22). The molecule has 0 radical (unpaired) electrons. The Hall–Kier alpha value is -2.61. The third kappa shape index (κ3) is 6.03. The Morgan fingerprint density at radius 3 is 2.27 bits per heavy atom. The van der Waals surface area contributed by atoms with Crippen LogP contribution in [-0.2, 0) is 20.8 Å². The second-order valence-corrected chi connectivity index (χ2v) is 6.82. The molecule has 0 aliphatic heterocycles. The SMILES string of the molecule is COC(=O)c1c(C)c(CNCC(=O)O)cc(NC(=O)OC(C)(C)C)c1C. The van der Waals surface area contributed by atoms with E-state index in [-0.39, 0.29) is 13.1 Å². The number of methoxy groups -OCH3 is 1. The summed E-state index contributed by atoms with van der Waals surface area (Å²) in [5.41, 5.74) is 1.93. The van der Waals surface area contributed by atoms with E-state index < -0.39 is 23.6 Å². The van der Waals surface area contributed by atoms with Crippen molar-refractivity contribution in [2.75, 3.05) is 19.0 Å². The fourth-order valence-electron chi connectivity index (χ4n) is 2.41. The number of anilines is 1. The number of carbonyl (C=O) groups is 3. The first kappa shape index (κ1) is 21.4. The summed E-state index contributed by atoms with van der Waals surface area (Å²) in [5, 5.41) is 14.2. The van der Waals surface area contributed by atoms with E-state index in [1.807, 2.05) is 0 Å². The summed E-state index contributed by atoms with van der Waals surface area (Å²) in [6, 6.07) is 1.69. The highest BCUT2D eigenvalue weighted by Crippen LogP contribution is 2.27. The second kappa shape index (κ2) is 8.66. The monoisotopic (exact) mass is 366 g/mol. The predicted molar refractivity (Wildman–Crippen MR) is 96.5 cm³/mol. The minimum Gasteiger partial charge on any atom is -0.480 e. The molecule has 144 valence electrons. The van der Waals surface area contributed by atoms with Gasteiger partial charge in [0.1, 0.15) is 5.60 Å². The maximum Gasteiger partial charge on any atom is 0.412 e. The Morgan fingerprint density at radius 1 is 1.15 bits per heavy atom. The molecular weight excluding hydrogens is 340 g/mol. The van der Waals surface area contributed by atoms with Crippen LogP contribution in [0, 0.1) is 13.8 Å². The van der Waals surface area contributed by atoms with Crippen LogP contribution in [0.1, 0.15) is 47.8 Å². The molecule has 0 aliphatic carbocycles. The number of rotatable bonds is 6. The second-order valence-electron chi connectivity index (χ2n) is 6.82. The van der Waals surface area contributed by atoms with Crippen LogP contribution in [0.2, 0.25) is 0 Å². The lowest BCUT2D eigenvalue weighted by Crippen LogP contribution is -2.28. The zero-order valence-corrected chi connectivity index (χ0v) is 16.0. The van der Waals surface area contributed by atoms with Gasteiger partial charge in [-0.15, -0.1) is 0 Å². The molecule has 26 heavy (non-hydrogen) atoms. The van der Waals surface area contributed by atoms with Gasteiger partial charge in [-0.05, 0) is 57.4 Å². The van der Waals surface area contributed by atoms with Gasteiger partial charge in [-0.2, -0.15) is 0 Å². The Kier molecular flexibility index (Phi) is 7.14. The van der Waals surface area contributed by atoms with Gasteiger partial charge >= 0.3 is 18.0 Å². The van der Waals surface area contributed by atoms with Crippen LogP contribution < -0.4 is 10.6 Å². The highest BCUT2D eigenvalue weighted by atomic mass is 16.6. The fourth-order valence-corrected chi connectivity index (χ4v) is 2.41. The summed E-state index contributed by atoms with van der Waals surface area (Å²) < 4.78 is 10.1. The van der Waals surface area contributed by atoms with E-state index in [9.17, 15) is 14.4 Å². The lowest BCUT2D eigenvalue weighted by Gasteiger charge is -2.22. The van der Waals surface area contributed by atoms with Crippen molar-refractivity contribution in [3.63, 3.8) is 0 Å². The van der Waals surface area contributed by atoms with Crippen molar-refractivity contribution in [3.05, 3.63) is 28.3 Å². The molecule has 0 bridgehead atoms. The molecule has 0 spiro atoms. The number of amides is 1. The number of nitrogens with one attached hydrogen (secondary N) is 2. The largest absolute Gasteiger partial charge is 0.480 e. The zero-order valence-electron chi connectivity index (χ0n) is 16.0. The molecule has 0 atom stereocenters. The van der Waals surface area contributed by atoms with E-state index in [1.54, 1.807) is 40.7 Å². The maximum absolute atomic E-state index is 12.2. The molecule has 0 saturated carbocycles. The van der Waals surface area contributed by atoms with E-state index in [2.05, 4.69) is 10.6 Å². The van der Waals surface area contributed by atoms with E-state index >= 15 is 0 Å². The van der Waals surface area contributed by atoms with E-state index in [0.29, 0.717) is 27.9 Å². The van der Waals surface area contributed by atoms with Crippen LogP contribution in [0.25, 0.3) is 0 Å². The first-order chi connectivity index (χ1) is 12.0. The minimum absolute atomic E-state index is 0.214. The normalized spacial score (nSPS) is 11.0. The van der Waals surface area contributed by atoms with Crippen molar-refractivity contribution < 1.29 is 29.0 Å².